The minimum atomic E-state index is -0.202. The summed E-state index contributed by atoms with van der Waals surface area (Å²) in [5, 5.41) is 1.29. The topological polar surface area (TPSA) is 60.6 Å². The van der Waals surface area contributed by atoms with E-state index in [1.165, 1.54) is 28.6 Å². The minimum absolute atomic E-state index is 0. The van der Waals surface area contributed by atoms with Gasteiger partial charge in [-0.15, -0.1) is 24.0 Å². The van der Waals surface area contributed by atoms with Crippen LogP contribution < -0.4 is 10.6 Å². The molecule has 154 valence electrons. The second-order valence-electron chi connectivity index (χ2n) is 7.15. The Morgan fingerprint density at radius 3 is 2.52 bits per heavy atom. The van der Waals surface area contributed by atoms with Crippen LogP contribution in [0.15, 0.2) is 59.7 Å². The molecule has 0 atom stereocenters. The van der Waals surface area contributed by atoms with Crippen LogP contribution in [0.25, 0.3) is 10.9 Å². The van der Waals surface area contributed by atoms with Crippen LogP contribution in [0.5, 0.6) is 0 Å². The Kier molecular flexibility index (Phi) is 7.35. The van der Waals surface area contributed by atoms with Crippen LogP contribution >= 0.6 is 24.0 Å². The smallest absolute Gasteiger partial charge is 0.191 e. The zero-order chi connectivity index (χ0) is 19.3. The molecule has 1 aliphatic heterocycles. The number of piperazine rings is 1. The van der Waals surface area contributed by atoms with Gasteiger partial charge in [0.1, 0.15) is 5.82 Å². The fraction of sp³-hybridized carbons (Fsp3) is 0.318. The van der Waals surface area contributed by atoms with Crippen molar-refractivity contribution in [3.05, 3.63) is 66.1 Å². The number of benzene rings is 2. The molecule has 1 aliphatic rings. The number of nitrogens with zero attached hydrogens (tertiary/aromatic N) is 3. The van der Waals surface area contributed by atoms with Crippen molar-refractivity contribution in [2.45, 2.75) is 12.8 Å². The predicted octanol–water partition coefficient (Wildman–Crippen LogP) is 3.99. The van der Waals surface area contributed by atoms with Crippen molar-refractivity contribution < 1.29 is 4.39 Å². The Hall–Kier alpha value is -2.29. The van der Waals surface area contributed by atoms with E-state index in [-0.39, 0.29) is 29.8 Å². The number of hydrogen-bond acceptors (Lipinski definition) is 2. The highest BCUT2D eigenvalue weighted by Gasteiger charge is 2.18. The number of anilines is 1. The molecule has 2 heterocycles. The second-order valence-corrected chi connectivity index (χ2v) is 7.15. The fourth-order valence-corrected chi connectivity index (χ4v) is 3.75. The van der Waals surface area contributed by atoms with E-state index in [0.717, 1.165) is 51.3 Å². The Balaban J connectivity index is 0.00000240. The van der Waals surface area contributed by atoms with Gasteiger partial charge in [0.25, 0.3) is 0 Å². The van der Waals surface area contributed by atoms with Gasteiger partial charge in [-0.3, -0.25) is 4.99 Å². The molecule has 0 unspecified atom stereocenters. The summed E-state index contributed by atoms with van der Waals surface area (Å²) in [6.45, 7) is 4.10. The molecule has 7 heteroatoms. The number of para-hydroxylation sites is 1. The van der Waals surface area contributed by atoms with E-state index in [0.29, 0.717) is 5.96 Å². The molecule has 2 aromatic carbocycles. The van der Waals surface area contributed by atoms with Gasteiger partial charge in [-0.1, -0.05) is 18.2 Å². The third-order valence-corrected chi connectivity index (χ3v) is 5.35. The molecule has 0 saturated carbocycles. The van der Waals surface area contributed by atoms with Crippen molar-refractivity contribution in [1.82, 2.24) is 9.88 Å². The Morgan fingerprint density at radius 2 is 1.76 bits per heavy atom. The third-order valence-electron chi connectivity index (χ3n) is 5.35. The third kappa shape index (κ3) is 5.20. The standard InChI is InChI=1S/C22H26FN5.HI/c23-18-7-9-19(10-8-18)27-12-14-28(15-13-27)22(24)25-11-3-4-17-16-26-21-6-2-1-5-20(17)21;/h1-2,5-10,16,26H,3-4,11-15H2,(H2,24,25);1H. The maximum atomic E-state index is 13.1. The van der Waals surface area contributed by atoms with Crippen LogP contribution in [0, 0.1) is 5.82 Å². The Labute approximate surface area is 187 Å². The molecule has 0 aliphatic carbocycles. The summed E-state index contributed by atoms with van der Waals surface area (Å²) in [6, 6.07) is 15.0. The molecule has 4 rings (SSSR count). The Bertz CT molecular complexity index is 945. The first-order valence-corrected chi connectivity index (χ1v) is 9.81. The Morgan fingerprint density at radius 1 is 1.03 bits per heavy atom. The predicted molar refractivity (Wildman–Crippen MR) is 129 cm³/mol. The molecule has 1 aromatic heterocycles. The zero-order valence-electron chi connectivity index (χ0n) is 16.4. The molecule has 1 saturated heterocycles. The van der Waals surface area contributed by atoms with E-state index in [1.54, 1.807) is 0 Å². The van der Waals surface area contributed by atoms with Gasteiger partial charge in [0, 0.05) is 55.5 Å². The summed E-state index contributed by atoms with van der Waals surface area (Å²) in [6.07, 6.45) is 4.05. The van der Waals surface area contributed by atoms with E-state index in [1.807, 2.05) is 18.2 Å². The molecule has 29 heavy (non-hydrogen) atoms. The highest BCUT2D eigenvalue weighted by atomic mass is 127. The SMILES string of the molecule is I.NC(=NCCCc1c[nH]c2ccccc12)N1CCN(c2ccc(F)cc2)CC1. The average Bonchev–Trinajstić information content (AvgIpc) is 3.15. The van der Waals surface area contributed by atoms with E-state index in [2.05, 4.69) is 44.2 Å². The molecule has 3 N–H and O–H groups in total. The number of aliphatic imine (C=N–C) groups is 1. The molecular weight excluding hydrogens is 480 g/mol. The number of H-pyrrole nitrogens is 1. The number of nitrogens with one attached hydrogen (secondary N) is 1. The lowest BCUT2D eigenvalue weighted by atomic mass is 10.1. The van der Waals surface area contributed by atoms with Gasteiger partial charge in [0.15, 0.2) is 5.96 Å². The maximum absolute atomic E-state index is 13.1. The van der Waals surface area contributed by atoms with E-state index in [9.17, 15) is 4.39 Å². The van der Waals surface area contributed by atoms with Crippen molar-refractivity contribution in [1.29, 1.82) is 0 Å². The summed E-state index contributed by atoms with van der Waals surface area (Å²) in [5.74, 6) is 0.420. The number of hydrogen-bond donors (Lipinski definition) is 2. The summed E-state index contributed by atoms with van der Waals surface area (Å²) in [7, 11) is 0. The molecular formula is C22H27FIN5. The normalized spacial score (nSPS) is 14.9. The number of aryl methyl sites for hydroxylation is 1. The lowest BCUT2D eigenvalue weighted by Crippen LogP contribution is -2.51. The summed E-state index contributed by atoms with van der Waals surface area (Å²) < 4.78 is 13.1. The van der Waals surface area contributed by atoms with Crippen LogP contribution in [0.4, 0.5) is 10.1 Å². The fourth-order valence-electron chi connectivity index (χ4n) is 3.75. The number of fused-ring (bicyclic) bond motifs is 1. The van der Waals surface area contributed by atoms with Crippen LogP contribution in [0.2, 0.25) is 0 Å². The number of guanidine groups is 1. The molecule has 0 radical (unpaired) electrons. The number of aromatic nitrogens is 1. The lowest BCUT2D eigenvalue weighted by Gasteiger charge is -2.36. The van der Waals surface area contributed by atoms with Crippen molar-refractivity contribution >= 4 is 46.5 Å². The first kappa shape index (κ1) is 21.4. The maximum Gasteiger partial charge on any atom is 0.191 e. The van der Waals surface area contributed by atoms with Crippen molar-refractivity contribution in [3.63, 3.8) is 0 Å². The molecule has 3 aromatic rings. The zero-order valence-corrected chi connectivity index (χ0v) is 18.7. The van der Waals surface area contributed by atoms with Crippen LogP contribution in [0.1, 0.15) is 12.0 Å². The molecule has 0 bridgehead atoms. The van der Waals surface area contributed by atoms with Crippen molar-refractivity contribution in [2.24, 2.45) is 10.7 Å². The molecule has 0 spiro atoms. The summed E-state index contributed by atoms with van der Waals surface area (Å²) in [4.78, 5) is 12.3. The highest BCUT2D eigenvalue weighted by Crippen LogP contribution is 2.19. The second kappa shape index (κ2) is 9.96. The van der Waals surface area contributed by atoms with Gasteiger partial charge >= 0.3 is 0 Å². The minimum Gasteiger partial charge on any atom is -0.370 e. The molecule has 5 nitrogen and oxygen atoms in total. The highest BCUT2D eigenvalue weighted by molar-refractivity contribution is 14.0. The molecule has 0 amide bonds. The number of nitrogens with two attached hydrogens (primary N) is 1. The van der Waals surface area contributed by atoms with Gasteiger partial charge in [0.2, 0.25) is 0 Å². The number of halogens is 2. The van der Waals surface area contributed by atoms with Crippen LogP contribution in [0.3, 0.4) is 0 Å². The summed E-state index contributed by atoms with van der Waals surface area (Å²) >= 11 is 0. The van der Waals surface area contributed by atoms with Crippen molar-refractivity contribution in [3.8, 4) is 0 Å². The van der Waals surface area contributed by atoms with Gasteiger partial charge in [0.05, 0.1) is 0 Å². The van der Waals surface area contributed by atoms with E-state index < -0.39 is 0 Å². The quantitative estimate of drug-likeness (QED) is 0.238. The first-order chi connectivity index (χ1) is 13.7. The number of aromatic amines is 1. The van der Waals surface area contributed by atoms with Gasteiger partial charge < -0.3 is 20.5 Å². The lowest BCUT2D eigenvalue weighted by molar-refractivity contribution is 0.380. The first-order valence-electron chi connectivity index (χ1n) is 9.81. The van der Waals surface area contributed by atoms with E-state index in [4.69, 9.17) is 5.73 Å². The largest absolute Gasteiger partial charge is 0.370 e. The van der Waals surface area contributed by atoms with E-state index >= 15 is 0 Å². The van der Waals surface area contributed by atoms with Crippen molar-refractivity contribution in [2.75, 3.05) is 37.6 Å². The average molecular weight is 507 g/mol. The van der Waals surface area contributed by atoms with Gasteiger partial charge in [-0.2, -0.15) is 0 Å². The molecule has 1 fully saturated rings. The van der Waals surface area contributed by atoms with Gasteiger partial charge in [-0.05, 0) is 48.7 Å². The summed E-state index contributed by atoms with van der Waals surface area (Å²) in [5.41, 5.74) is 9.77. The van der Waals surface area contributed by atoms with Crippen LogP contribution in [-0.2, 0) is 6.42 Å². The van der Waals surface area contributed by atoms with Gasteiger partial charge in [-0.25, -0.2) is 4.39 Å². The number of rotatable bonds is 5. The monoisotopic (exact) mass is 507 g/mol. The van der Waals surface area contributed by atoms with Crippen LogP contribution in [-0.4, -0.2) is 48.6 Å².